The van der Waals surface area contributed by atoms with E-state index in [1.165, 1.54) is 0 Å². The Balaban J connectivity index is 0.00000220. The van der Waals surface area contributed by atoms with Crippen LogP contribution in [0.15, 0.2) is 12.1 Å². The zero-order valence-electron chi connectivity index (χ0n) is 12.7. The van der Waals surface area contributed by atoms with Gasteiger partial charge >= 0.3 is 6.61 Å². The summed E-state index contributed by atoms with van der Waals surface area (Å²) >= 11 is 0. The molecule has 1 N–H and O–H groups in total. The van der Waals surface area contributed by atoms with Gasteiger partial charge in [0.2, 0.25) is 0 Å². The summed E-state index contributed by atoms with van der Waals surface area (Å²) in [5, 5.41) is 3.41. The standard InChI is InChI=1S/C15H22F2N2O.ClH/c1-10-6-13(7-11(2)14(10)20-15(16)17)9-19-5-4-18-12(3)8-19;/h6-7,12,15,18H,4-5,8-9H2,1-3H3;1H. The molecule has 1 atom stereocenters. The Hall–Kier alpha value is -0.910. The minimum absolute atomic E-state index is 0. The van der Waals surface area contributed by atoms with Crippen LogP contribution < -0.4 is 10.1 Å². The molecule has 1 aromatic carbocycles. The minimum Gasteiger partial charge on any atom is -0.434 e. The predicted octanol–water partition coefficient (Wildman–Crippen LogP) is 3.12. The van der Waals surface area contributed by atoms with Crippen LogP contribution in [0.2, 0.25) is 0 Å². The van der Waals surface area contributed by atoms with Crippen molar-refractivity contribution in [1.82, 2.24) is 10.2 Å². The van der Waals surface area contributed by atoms with Gasteiger partial charge in [0.15, 0.2) is 0 Å². The highest BCUT2D eigenvalue weighted by molar-refractivity contribution is 5.85. The molecule has 1 aliphatic heterocycles. The molecule has 1 unspecified atom stereocenters. The quantitative estimate of drug-likeness (QED) is 0.922. The molecule has 6 heteroatoms. The summed E-state index contributed by atoms with van der Waals surface area (Å²) in [6.07, 6.45) is 0. The van der Waals surface area contributed by atoms with Gasteiger partial charge in [-0.25, -0.2) is 0 Å². The van der Waals surface area contributed by atoms with Gasteiger partial charge < -0.3 is 10.1 Å². The number of nitrogens with one attached hydrogen (secondary N) is 1. The van der Waals surface area contributed by atoms with Crippen molar-refractivity contribution in [3.8, 4) is 5.75 Å². The molecule has 2 rings (SSSR count). The van der Waals surface area contributed by atoms with E-state index in [2.05, 4.69) is 21.9 Å². The van der Waals surface area contributed by atoms with Crippen LogP contribution in [-0.4, -0.2) is 37.2 Å². The molecule has 1 heterocycles. The molecule has 0 amide bonds. The Kier molecular flexibility index (Phi) is 6.84. The highest BCUT2D eigenvalue weighted by atomic mass is 35.5. The number of ether oxygens (including phenoxy) is 1. The average molecular weight is 321 g/mol. The lowest BCUT2D eigenvalue weighted by atomic mass is 10.0. The molecule has 120 valence electrons. The number of alkyl halides is 2. The third kappa shape index (κ3) is 5.09. The minimum atomic E-state index is -2.77. The van der Waals surface area contributed by atoms with E-state index in [1.807, 2.05) is 26.0 Å². The smallest absolute Gasteiger partial charge is 0.387 e. The van der Waals surface area contributed by atoms with Crippen molar-refractivity contribution in [3.63, 3.8) is 0 Å². The van der Waals surface area contributed by atoms with Crippen LogP contribution in [0.25, 0.3) is 0 Å². The monoisotopic (exact) mass is 320 g/mol. The first-order valence-electron chi connectivity index (χ1n) is 6.96. The van der Waals surface area contributed by atoms with Crippen LogP contribution >= 0.6 is 12.4 Å². The zero-order chi connectivity index (χ0) is 14.7. The van der Waals surface area contributed by atoms with Gasteiger partial charge in [-0.15, -0.1) is 12.4 Å². The number of aryl methyl sites for hydroxylation is 2. The SMILES string of the molecule is Cc1cc(CN2CCNC(C)C2)cc(C)c1OC(F)F.Cl. The Bertz CT molecular complexity index is 448. The van der Waals surface area contributed by atoms with Crippen molar-refractivity contribution in [3.05, 3.63) is 28.8 Å². The van der Waals surface area contributed by atoms with Crippen molar-refractivity contribution in [2.75, 3.05) is 19.6 Å². The number of benzene rings is 1. The Morgan fingerprint density at radius 1 is 1.33 bits per heavy atom. The van der Waals surface area contributed by atoms with Crippen LogP contribution in [0.5, 0.6) is 5.75 Å². The second-order valence-corrected chi connectivity index (χ2v) is 5.53. The molecular weight excluding hydrogens is 298 g/mol. The third-order valence-corrected chi connectivity index (χ3v) is 3.59. The van der Waals surface area contributed by atoms with E-state index < -0.39 is 6.61 Å². The number of rotatable bonds is 4. The van der Waals surface area contributed by atoms with Gasteiger partial charge in [-0.05, 0) is 37.5 Å². The summed E-state index contributed by atoms with van der Waals surface area (Å²) in [6.45, 7) is 6.89. The first-order chi connectivity index (χ1) is 9.45. The summed E-state index contributed by atoms with van der Waals surface area (Å²) in [6, 6.07) is 4.38. The molecule has 3 nitrogen and oxygen atoms in total. The van der Waals surface area contributed by atoms with Gasteiger partial charge in [0.25, 0.3) is 0 Å². The van der Waals surface area contributed by atoms with E-state index in [9.17, 15) is 8.78 Å². The normalized spacial score (nSPS) is 19.4. The topological polar surface area (TPSA) is 24.5 Å². The summed E-state index contributed by atoms with van der Waals surface area (Å²) in [5.41, 5.74) is 2.68. The first kappa shape index (κ1) is 18.1. The summed E-state index contributed by atoms with van der Waals surface area (Å²) < 4.78 is 29.3. The zero-order valence-corrected chi connectivity index (χ0v) is 13.5. The van der Waals surface area contributed by atoms with Gasteiger partial charge in [-0.1, -0.05) is 12.1 Å². The van der Waals surface area contributed by atoms with Crippen molar-refractivity contribution in [2.45, 2.75) is 40.0 Å². The highest BCUT2D eigenvalue weighted by Crippen LogP contribution is 2.27. The van der Waals surface area contributed by atoms with Crippen molar-refractivity contribution in [1.29, 1.82) is 0 Å². The van der Waals surface area contributed by atoms with Crippen molar-refractivity contribution < 1.29 is 13.5 Å². The van der Waals surface area contributed by atoms with E-state index >= 15 is 0 Å². The number of piperazine rings is 1. The van der Waals surface area contributed by atoms with Gasteiger partial charge in [0.05, 0.1) is 0 Å². The number of halogens is 3. The molecule has 0 bridgehead atoms. The molecule has 0 saturated carbocycles. The largest absolute Gasteiger partial charge is 0.434 e. The Morgan fingerprint density at radius 3 is 2.48 bits per heavy atom. The lowest BCUT2D eigenvalue weighted by Gasteiger charge is -2.32. The summed E-state index contributed by atoms with van der Waals surface area (Å²) in [5.74, 6) is 0.303. The molecule has 0 aromatic heterocycles. The van der Waals surface area contributed by atoms with E-state index in [4.69, 9.17) is 0 Å². The lowest BCUT2D eigenvalue weighted by molar-refractivity contribution is -0.0507. The molecule has 0 aliphatic carbocycles. The number of hydrogen-bond acceptors (Lipinski definition) is 3. The first-order valence-corrected chi connectivity index (χ1v) is 6.96. The second-order valence-electron chi connectivity index (χ2n) is 5.53. The van der Waals surface area contributed by atoms with Crippen LogP contribution in [0.1, 0.15) is 23.6 Å². The average Bonchev–Trinajstić information content (AvgIpc) is 2.33. The highest BCUT2D eigenvalue weighted by Gasteiger charge is 2.17. The summed E-state index contributed by atoms with van der Waals surface area (Å²) in [7, 11) is 0. The van der Waals surface area contributed by atoms with Crippen LogP contribution in [0.3, 0.4) is 0 Å². The van der Waals surface area contributed by atoms with Gasteiger partial charge in [0.1, 0.15) is 5.75 Å². The van der Waals surface area contributed by atoms with E-state index in [1.54, 1.807) is 0 Å². The lowest BCUT2D eigenvalue weighted by Crippen LogP contribution is -2.48. The van der Waals surface area contributed by atoms with Gasteiger partial charge in [-0.2, -0.15) is 8.78 Å². The molecule has 0 radical (unpaired) electrons. The molecule has 1 fully saturated rings. The predicted molar refractivity (Wildman–Crippen MR) is 82.5 cm³/mol. The molecule has 0 spiro atoms. The van der Waals surface area contributed by atoms with Crippen molar-refractivity contribution >= 4 is 12.4 Å². The molecule has 1 saturated heterocycles. The maximum Gasteiger partial charge on any atom is 0.387 e. The third-order valence-electron chi connectivity index (χ3n) is 3.59. The maximum absolute atomic E-state index is 12.4. The number of nitrogens with zero attached hydrogens (tertiary/aromatic N) is 1. The van der Waals surface area contributed by atoms with Crippen LogP contribution in [0.4, 0.5) is 8.78 Å². The Morgan fingerprint density at radius 2 is 1.95 bits per heavy atom. The fourth-order valence-electron chi connectivity index (χ4n) is 2.82. The number of hydrogen-bond donors (Lipinski definition) is 1. The van der Waals surface area contributed by atoms with E-state index in [0.717, 1.165) is 42.9 Å². The van der Waals surface area contributed by atoms with Gasteiger partial charge in [0, 0.05) is 32.2 Å². The summed E-state index contributed by atoms with van der Waals surface area (Å²) in [4.78, 5) is 2.38. The molecular formula is C15H23ClF2N2O. The maximum atomic E-state index is 12.4. The molecule has 1 aromatic rings. The fourth-order valence-corrected chi connectivity index (χ4v) is 2.82. The van der Waals surface area contributed by atoms with Crippen LogP contribution in [-0.2, 0) is 6.54 Å². The van der Waals surface area contributed by atoms with Crippen LogP contribution in [0, 0.1) is 13.8 Å². The van der Waals surface area contributed by atoms with E-state index in [0.29, 0.717) is 11.8 Å². The van der Waals surface area contributed by atoms with Gasteiger partial charge in [-0.3, -0.25) is 4.90 Å². The van der Waals surface area contributed by atoms with E-state index in [-0.39, 0.29) is 12.4 Å². The second kappa shape index (κ2) is 7.92. The Labute approximate surface area is 131 Å². The molecule has 21 heavy (non-hydrogen) atoms. The molecule has 1 aliphatic rings. The fraction of sp³-hybridized carbons (Fsp3) is 0.600. The van der Waals surface area contributed by atoms with Crippen molar-refractivity contribution in [2.24, 2.45) is 0 Å².